The van der Waals surface area contributed by atoms with Crippen molar-refractivity contribution in [2.24, 2.45) is 0 Å². The highest BCUT2D eigenvalue weighted by Crippen LogP contribution is 2.24. The molecule has 0 spiro atoms. The van der Waals surface area contributed by atoms with Crippen molar-refractivity contribution in [1.29, 1.82) is 0 Å². The molecule has 38 heavy (non-hydrogen) atoms. The molecule has 0 aliphatic heterocycles. The molecular weight excluding hydrogens is 482 g/mol. The van der Waals surface area contributed by atoms with Crippen LogP contribution in [0.4, 0.5) is 22.1 Å². The third kappa shape index (κ3) is 7.36. The molecule has 0 atom stereocenters. The van der Waals surface area contributed by atoms with Gasteiger partial charge in [-0.3, -0.25) is 9.78 Å². The van der Waals surface area contributed by atoms with E-state index in [1.165, 1.54) is 0 Å². The summed E-state index contributed by atoms with van der Waals surface area (Å²) in [6, 6.07) is 18.0. The number of carbonyl (C=O) groups is 2. The largest absolute Gasteiger partial charge is 0.509 e. The van der Waals surface area contributed by atoms with Gasteiger partial charge in [-0.2, -0.15) is 0 Å². The lowest BCUT2D eigenvalue weighted by atomic mass is 10.1. The summed E-state index contributed by atoms with van der Waals surface area (Å²) < 4.78 is 10.2. The van der Waals surface area contributed by atoms with Gasteiger partial charge in [-0.1, -0.05) is 12.1 Å². The van der Waals surface area contributed by atoms with Crippen LogP contribution in [0.2, 0.25) is 0 Å². The normalized spacial score (nSPS) is 10.9. The van der Waals surface area contributed by atoms with Crippen LogP contribution in [0, 0.1) is 6.92 Å². The van der Waals surface area contributed by atoms with Crippen LogP contribution in [0.25, 0.3) is 11.3 Å². The van der Waals surface area contributed by atoms with Crippen molar-refractivity contribution < 1.29 is 19.1 Å². The van der Waals surface area contributed by atoms with Crippen LogP contribution in [0.1, 0.15) is 42.3 Å². The number of pyridine rings is 1. The fourth-order valence-electron chi connectivity index (χ4n) is 3.47. The van der Waals surface area contributed by atoms with E-state index in [4.69, 9.17) is 9.47 Å². The Balaban J connectivity index is 1.35. The first kappa shape index (κ1) is 26.3. The third-order valence-corrected chi connectivity index (χ3v) is 5.31. The van der Waals surface area contributed by atoms with E-state index < -0.39 is 11.8 Å². The van der Waals surface area contributed by atoms with Crippen LogP contribution in [0.3, 0.4) is 0 Å². The average Bonchev–Trinajstić information content (AvgIpc) is 2.89. The van der Waals surface area contributed by atoms with E-state index in [0.29, 0.717) is 17.2 Å². The molecular formula is C29H29N5O4. The summed E-state index contributed by atoms with van der Waals surface area (Å²) in [6.45, 7) is 7.29. The van der Waals surface area contributed by atoms with Crippen molar-refractivity contribution in [2.45, 2.75) is 39.9 Å². The molecule has 194 valence electrons. The van der Waals surface area contributed by atoms with E-state index in [1.54, 1.807) is 69.7 Å². The van der Waals surface area contributed by atoms with Gasteiger partial charge in [0.2, 0.25) is 5.95 Å². The van der Waals surface area contributed by atoms with Gasteiger partial charge in [0.05, 0.1) is 5.69 Å². The molecule has 4 aromatic rings. The van der Waals surface area contributed by atoms with Gasteiger partial charge in [0.25, 0.3) is 5.91 Å². The summed E-state index contributed by atoms with van der Waals surface area (Å²) in [6.07, 6.45) is 4.42. The minimum atomic E-state index is -0.736. The van der Waals surface area contributed by atoms with Crippen LogP contribution in [0.5, 0.6) is 0 Å². The first-order chi connectivity index (χ1) is 18.2. The van der Waals surface area contributed by atoms with Gasteiger partial charge in [-0.05, 0) is 87.4 Å². The molecule has 0 aliphatic rings. The number of ether oxygens (including phenoxy) is 2. The second kappa shape index (κ2) is 11.5. The number of rotatable bonds is 7. The van der Waals surface area contributed by atoms with Gasteiger partial charge < -0.3 is 20.1 Å². The Morgan fingerprint density at radius 2 is 1.76 bits per heavy atom. The number of aromatic nitrogens is 3. The molecule has 2 aromatic heterocycles. The van der Waals surface area contributed by atoms with Crippen LogP contribution < -0.4 is 10.6 Å². The summed E-state index contributed by atoms with van der Waals surface area (Å²) in [5.41, 5.74) is 4.65. The lowest BCUT2D eigenvalue weighted by molar-refractivity contribution is -0.0108. The van der Waals surface area contributed by atoms with Crippen molar-refractivity contribution in [3.8, 4) is 11.3 Å². The predicted octanol–water partition coefficient (Wildman–Crippen LogP) is 6.29. The number of nitrogens with zero attached hydrogens (tertiary/aromatic N) is 3. The number of hydrogen-bond donors (Lipinski definition) is 2. The van der Waals surface area contributed by atoms with Crippen molar-refractivity contribution in [2.75, 3.05) is 10.6 Å². The van der Waals surface area contributed by atoms with Gasteiger partial charge in [0.15, 0.2) is 0 Å². The maximum atomic E-state index is 12.8. The van der Waals surface area contributed by atoms with Gasteiger partial charge in [0.1, 0.15) is 12.2 Å². The number of amides is 1. The first-order valence-electron chi connectivity index (χ1n) is 12.0. The molecule has 2 N–H and O–H groups in total. The van der Waals surface area contributed by atoms with E-state index in [1.807, 2.05) is 37.3 Å². The summed E-state index contributed by atoms with van der Waals surface area (Å²) >= 11 is 0. The Hall–Kier alpha value is -4.79. The molecule has 0 radical (unpaired) electrons. The highest BCUT2D eigenvalue weighted by Gasteiger charge is 2.17. The molecule has 0 saturated carbocycles. The standard InChI is InChI=1S/C29H29N5O4/c1-19-16-23(11-12-24(19)33-27-31-15-13-25(34-27)22-6-5-14-30-17-22)32-26(35)21-9-7-20(8-10-21)18-37-28(36)38-29(2,3)4/h5-17H,18H2,1-4H3,(H,32,35)(H,31,33,34). The number of carbonyl (C=O) groups excluding carboxylic acids is 2. The Labute approximate surface area is 221 Å². The number of aryl methyl sites for hydroxylation is 1. The smallest absolute Gasteiger partial charge is 0.429 e. The molecule has 0 fully saturated rings. The molecule has 0 bridgehead atoms. The topological polar surface area (TPSA) is 115 Å². The fourth-order valence-corrected chi connectivity index (χ4v) is 3.47. The Morgan fingerprint density at radius 1 is 0.974 bits per heavy atom. The zero-order chi connectivity index (χ0) is 27.1. The maximum Gasteiger partial charge on any atom is 0.509 e. The zero-order valence-electron chi connectivity index (χ0n) is 21.7. The van der Waals surface area contributed by atoms with Crippen LogP contribution in [-0.2, 0) is 16.1 Å². The molecule has 9 heteroatoms. The number of nitrogens with one attached hydrogen (secondary N) is 2. The molecule has 0 unspecified atom stereocenters. The summed E-state index contributed by atoms with van der Waals surface area (Å²) in [5, 5.41) is 6.14. The molecule has 4 rings (SSSR count). The highest BCUT2D eigenvalue weighted by atomic mass is 16.7. The quantitative estimate of drug-likeness (QED) is 0.278. The first-order valence-corrected chi connectivity index (χ1v) is 12.0. The molecule has 0 saturated heterocycles. The minimum Gasteiger partial charge on any atom is -0.429 e. The minimum absolute atomic E-state index is 0.0549. The van der Waals surface area contributed by atoms with E-state index in [-0.39, 0.29) is 12.5 Å². The predicted molar refractivity (Wildman–Crippen MR) is 145 cm³/mol. The second-order valence-electron chi connectivity index (χ2n) is 9.57. The van der Waals surface area contributed by atoms with Crippen LogP contribution in [0.15, 0.2) is 79.3 Å². The highest BCUT2D eigenvalue weighted by molar-refractivity contribution is 6.04. The molecule has 9 nitrogen and oxygen atoms in total. The lowest BCUT2D eigenvalue weighted by Crippen LogP contribution is -2.24. The molecule has 2 heterocycles. The van der Waals surface area contributed by atoms with Gasteiger partial charge >= 0.3 is 6.16 Å². The Kier molecular flexibility index (Phi) is 7.96. The van der Waals surface area contributed by atoms with Crippen molar-refractivity contribution in [3.05, 3.63) is 95.9 Å². The molecule has 2 aromatic carbocycles. The number of hydrogen-bond acceptors (Lipinski definition) is 8. The van der Waals surface area contributed by atoms with Gasteiger partial charge in [0, 0.05) is 41.1 Å². The summed E-state index contributed by atoms with van der Waals surface area (Å²) in [7, 11) is 0. The van der Waals surface area contributed by atoms with E-state index >= 15 is 0 Å². The van der Waals surface area contributed by atoms with Crippen LogP contribution in [-0.4, -0.2) is 32.6 Å². The molecule has 1 amide bonds. The Morgan fingerprint density at radius 3 is 2.45 bits per heavy atom. The van der Waals surface area contributed by atoms with Gasteiger partial charge in [-0.25, -0.2) is 14.8 Å². The lowest BCUT2D eigenvalue weighted by Gasteiger charge is -2.18. The SMILES string of the molecule is Cc1cc(NC(=O)c2ccc(COC(=O)OC(C)(C)C)cc2)ccc1Nc1nccc(-c2cccnc2)n1. The van der Waals surface area contributed by atoms with Crippen LogP contribution >= 0.6 is 0 Å². The van der Waals surface area contributed by atoms with Gasteiger partial charge in [-0.15, -0.1) is 0 Å². The van der Waals surface area contributed by atoms with Crippen molar-refractivity contribution >= 4 is 29.4 Å². The number of benzene rings is 2. The summed E-state index contributed by atoms with van der Waals surface area (Å²) in [5.74, 6) is 0.208. The van der Waals surface area contributed by atoms with Crippen molar-refractivity contribution in [1.82, 2.24) is 15.0 Å². The van der Waals surface area contributed by atoms with E-state index in [0.717, 1.165) is 28.1 Å². The fraction of sp³-hybridized carbons (Fsp3) is 0.207. The van der Waals surface area contributed by atoms with Crippen molar-refractivity contribution in [3.63, 3.8) is 0 Å². The third-order valence-electron chi connectivity index (χ3n) is 5.31. The summed E-state index contributed by atoms with van der Waals surface area (Å²) in [4.78, 5) is 37.5. The second-order valence-corrected chi connectivity index (χ2v) is 9.57. The monoisotopic (exact) mass is 511 g/mol. The van der Waals surface area contributed by atoms with E-state index in [2.05, 4.69) is 25.6 Å². The maximum absolute atomic E-state index is 12.8. The Bertz CT molecular complexity index is 1420. The van der Waals surface area contributed by atoms with E-state index in [9.17, 15) is 9.59 Å². The average molecular weight is 512 g/mol. The molecule has 0 aliphatic carbocycles. The zero-order valence-corrected chi connectivity index (χ0v) is 21.7. The number of anilines is 3.